The van der Waals surface area contributed by atoms with Gasteiger partial charge in [-0.2, -0.15) is 4.31 Å². The summed E-state index contributed by atoms with van der Waals surface area (Å²) in [5, 5.41) is -0.730. The van der Waals surface area contributed by atoms with Crippen molar-refractivity contribution in [3.05, 3.63) is 48.4 Å². The number of nitrogens with zero attached hydrogens (tertiary/aromatic N) is 1. The van der Waals surface area contributed by atoms with Gasteiger partial charge in [0.2, 0.25) is 10.0 Å². The zero-order valence-corrected chi connectivity index (χ0v) is 15.3. The van der Waals surface area contributed by atoms with E-state index in [0.717, 1.165) is 4.31 Å². The van der Waals surface area contributed by atoms with Crippen molar-refractivity contribution in [2.45, 2.75) is 22.8 Å². The number of furan rings is 1. The minimum absolute atomic E-state index is 0.0544. The van der Waals surface area contributed by atoms with Gasteiger partial charge < -0.3 is 9.15 Å². The van der Waals surface area contributed by atoms with E-state index >= 15 is 0 Å². The maximum Gasteiger partial charge on any atom is 0.246 e. The van der Waals surface area contributed by atoms with Crippen LogP contribution in [-0.2, 0) is 25.6 Å². The lowest BCUT2D eigenvalue weighted by Crippen LogP contribution is -2.56. The van der Waals surface area contributed by atoms with Crippen molar-refractivity contribution in [3.8, 4) is 5.75 Å². The Morgan fingerprint density at radius 3 is 2.48 bits per heavy atom. The second-order valence-corrected chi connectivity index (χ2v) is 9.90. The Labute approximate surface area is 147 Å². The first kappa shape index (κ1) is 18.0. The smallest absolute Gasteiger partial charge is 0.246 e. The Morgan fingerprint density at radius 1 is 1.12 bits per heavy atom. The fourth-order valence-electron chi connectivity index (χ4n) is 2.61. The molecular weight excluding hydrogens is 366 g/mol. The Morgan fingerprint density at radius 2 is 1.84 bits per heavy atom. The number of ether oxygens (including phenoxy) is 1. The van der Waals surface area contributed by atoms with E-state index in [1.807, 2.05) is 0 Å². The van der Waals surface area contributed by atoms with Gasteiger partial charge in [-0.1, -0.05) is 12.1 Å². The SMILES string of the molecule is CCOc1ccccc1S(=O)(=O)N1CC(S(=O)(=O)Cc2ccco2)C1. The largest absolute Gasteiger partial charge is 0.492 e. The number of hydrogen-bond donors (Lipinski definition) is 0. The van der Waals surface area contributed by atoms with E-state index in [9.17, 15) is 16.8 Å². The lowest BCUT2D eigenvalue weighted by Gasteiger charge is -2.37. The monoisotopic (exact) mass is 385 g/mol. The van der Waals surface area contributed by atoms with Crippen LogP contribution in [0.3, 0.4) is 0 Å². The summed E-state index contributed by atoms with van der Waals surface area (Å²) in [4.78, 5) is 0.0544. The molecule has 0 aliphatic carbocycles. The number of para-hydroxylation sites is 1. The summed E-state index contributed by atoms with van der Waals surface area (Å²) in [6.45, 7) is 1.98. The lowest BCUT2D eigenvalue weighted by molar-refractivity contribution is 0.302. The second-order valence-electron chi connectivity index (χ2n) is 5.71. The van der Waals surface area contributed by atoms with Gasteiger partial charge in [-0.15, -0.1) is 0 Å². The van der Waals surface area contributed by atoms with Crippen LogP contribution in [0, 0.1) is 0 Å². The van der Waals surface area contributed by atoms with Crippen molar-refractivity contribution in [1.82, 2.24) is 4.31 Å². The molecule has 0 unspecified atom stereocenters. The standard InChI is InChI=1S/C16H19NO6S2/c1-2-22-15-7-3-4-8-16(15)25(20,21)17-10-14(11-17)24(18,19)12-13-6-5-9-23-13/h3-9,14H,2,10-12H2,1H3. The van der Waals surface area contributed by atoms with E-state index < -0.39 is 25.1 Å². The van der Waals surface area contributed by atoms with Crippen LogP contribution >= 0.6 is 0 Å². The topological polar surface area (TPSA) is 93.9 Å². The molecule has 1 saturated heterocycles. The molecule has 0 radical (unpaired) electrons. The Balaban J connectivity index is 1.73. The van der Waals surface area contributed by atoms with Crippen molar-refractivity contribution >= 4 is 19.9 Å². The summed E-state index contributed by atoms with van der Waals surface area (Å²) in [6.07, 6.45) is 1.41. The van der Waals surface area contributed by atoms with E-state index in [1.54, 1.807) is 37.3 Å². The fraction of sp³-hybridized carbons (Fsp3) is 0.375. The Hall–Kier alpha value is -1.84. The van der Waals surface area contributed by atoms with Crippen LogP contribution in [0.1, 0.15) is 12.7 Å². The van der Waals surface area contributed by atoms with Gasteiger partial charge in [0.25, 0.3) is 0 Å². The molecule has 0 amide bonds. The van der Waals surface area contributed by atoms with E-state index in [1.165, 1.54) is 12.3 Å². The van der Waals surface area contributed by atoms with Gasteiger partial charge in [-0.05, 0) is 31.2 Å². The van der Waals surface area contributed by atoms with Crippen LogP contribution in [0.25, 0.3) is 0 Å². The van der Waals surface area contributed by atoms with Crippen molar-refractivity contribution < 1.29 is 26.0 Å². The molecule has 2 aromatic rings. The highest BCUT2D eigenvalue weighted by molar-refractivity contribution is 7.92. The fourth-order valence-corrected chi connectivity index (χ4v) is 6.07. The average molecular weight is 385 g/mol. The minimum atomic E-state index is -3.79. The maximum atomic E-state index is 12.7. The maximum absolute atomic E-state index is 12.7. The van der Waals surface area contributed by atoms with Gasteiger partial charge in [-0.25, -0.2) is 16.8 Å². The third-order valence-corrected chi connectivity index (χ3v) is 7.88. The molecule has 1 aromatic heterocycles. The lowest BCUT2D eigenvalue weighted by atomic mass is 10.3. The van der Waals surface area contributed by atoms with Crippen molar-refractivity contribution in [2.24, 2.45) is 0 Å². The molecule has 7 nitrogen and oxygen atoms in total. The number of hydrogen-bond acceptors (Lipinski definition) is 6. The number of sulfone groups is 1. The summed E-state index contributed by atoms with van der Waals surface area (Å²) in [5.74, 6) is 0.392. The minimum Gasteiger partial charge on any atom is -0.492 e. The summed E-state index contributed by atoms with van der Waals surface area (Å²) >= 11 is 0. The van der Waals surface area contributed by atoms with Crippen molar-refractivity contribution in [1.29, 1.82) is 0 Å². The van der Waals surface area contributed by atoms with Crippen LogP contribution in [0.2, 0.25) is 0 Å². The molecule has 25 heavy (non-hydrogen) atoms. The molecule has 0 atom stereocenters. The molecule has 0 saturated carbocycles. The molecule has 0 bridgehead atoms. The highest BCUT2D eigenvalue weighted by Crippen LogP contribution is 2.31. The molecule has 1 aliphatic rings. The number of sulfonamides is 1. The number of benzene rings is 1. The van der Waals surface area contributed by atoms with Crippen molar-refractivity contribution in [3.63, 3.8) is 0 Å². The molecular formula is C16H19NO6S2. The first-order valence-electron chi connectivity index (χ1n) is 7.80. The average Bonchev–Trinajstić information content (AvgIpc) is 2.97. The summed E-state index contributed by atoms with van der Waals surface area (Å²) in [7, 11) is -7.26. The van der Waals surface area contributed by atoms with E-state index in [4.69, 9.17) is 9.15 Å². The molecule has 1 aromatic carbocycles. The predicted octanol–water partition coefficient (Wildman–Crippen LogP) is 1.67. The van der Waals surface area contributed by atoms with Crippen LogP contribution in [-0.4, -0.2) is 46.1 Å². The summed E-state index contributed by atoms with van der Waals surface area (Å²) in [5.41, 5.74) is 0. The molecule has 0 spiro atoms. The molecule has 136 valence electrons. The molecule has 1 aliphatic heterocycles. The van der Waals surface area contributed by atoms with E-state index in [0.29, 0.717) is 12.4 Å². The molecule has 0 N–H and O–H groups in total. The third kappa shape index (κ3) is 3.58. The van der Waals surface area contributed by atoms with E-state index in [2.05, 4.69) is 0 Å². The van der Waals surface area contributed by atoms with Gasteiger partial charge in [0.05, 0.1) is 18.1 Å². The quantitative estimate of drug-likeness (QED) is 0.720. The third-order valence-electron chi connectivity index (χ3n) is 4.01. The zero-order valence-electron chi connectivity index (χ0n) is 13.7. The number of rotatable bonds is 7. The van der Waals surface area contributed by atoms with Gasteiger partial charge in [0.1, 0.15) is 22.2 Å². The molecule has 1 fully saturated rings. The van der Waals surface area contributed by atoms with Gasteiger partial charge >= 0.3 is 0 Å². The van der Waals surface area contributed by atoms with Crippen LogP contribution < -0.4 is 4.74 Å². The summed E-state index contributed by atoms with van der Waals surface area (Å²) in [6, 6.07) is 9.56. The van der Waals surface area contributed by atoms with Crippen LogP contribution in [0.5, 0.6) is 5.75 Å². The first-order valence-corrected chi connectivity index (χ1v) is 11.0. The zero-order chi connectivity index (χ0) is 18.1. The molecule has 9 heteroatoms. The van der Waals surface area contributed by atoms with Crippen LogP contribution in [0.15, 0.2) is 52.0 Å². The predicted molar refractivity (Wildman–Crippen MR) is 91.5 cm³/mol. The Kier molecular flexibility index (Phi) is 4.90. The van der Waals surface area contributed by atoms with Gasteiger partial charge in [-0.3, -0.25) is 0 Å². The highest BCUT2D eigenvalue weighted by Gasteiger charge is 2.44. The van der Waals surface area contributed by atoms with Gasteiger partial charge in [0.15, 0.2) is 9.84 Å². The van der Waals surface area contributed by atoms with Crippen molar-refractivity contribution in [2.75, 3.05) is 19.7 Å². The Bertz CT molecular complexity index is 929. The first-order chi connectivity index (χ1) is 11.8. The molecule has 3 rings (SSSR count). The normalized spacial score (nSPS) is 16.5. The van der Waals surface area contributed by atoms with Crippen LogP contribution in [0.4, 0.5) is 0 Å². The molecule has 2 heterocycles. The summed E-state index contributed by atoms with van der Waals surface area (Å²) < 4.78 is 61.8. The van der Waals surface area contributed by atoms with Gasteiger partial charge in [0, 0.05) is 13.1 Å². The second kappa shape index (κ2) is 6.81. The highest BCUT2D eigenvalue weighted by atomic mass is 32.2. The van der Waals surface area contributed by atoms with E-state index in [-0.39, 0.29) is 29.5 Å².